The number of fused-ring (bicyclic) bond motifs is 1. The molecule has 1 unspecified atom stereocenters. The quantitative estimate of drug-likeness (QED) is 0.850. The van der Waals surface area contributed by atoms with Crippen molar-refractivity contribution in [2.75, 3.05) is 0 Å². The lowest BCUT2D eigenvalue weighted by Crippen LogP contribution is -2.18. The number of hydrogen-bond donors (Lipinski definition) is 1. The topological polar surface area (TPSA) is 25.2 Å². The molecule has 5 heteroatoms. The molecule has 0 saturated heterocycles. The SMILES string of the molecule is FC(F)SCc1ccc(CNC2CCc3ccccc32)o1. The number of benzene rings is 1. The first kappa shape index (κ1) is 14.6. The second-order valence-electron chi connectivity index (χ2n) is 5.11. The fraction of sp³-hybridized carbons (Fsp3) is 0.375. The Balaban J connectivity index is 1.54. The second kappa shape index (κ2) is 6.62. The van der Waals surface area contributed by atoms with Gasteiger partial charge in [0, 0.05) is 6.04 Å². The van der Waals surface area contributed by atoms with Crippen LogP contribution < -0.4 is 5.32 Å². The summed E-state index contributed by atoms with van der Waals surface area (Å²) in [5.74, 6) is -0.746. The van der Waals surface area contributed by atoms with Crippen molar-refractivity contribution in [1.29, 1.82) is 0 Å². The minimum Gasteiger partial charge on any atom is -0.464 e. The molecule has 3 rings (SSSR count). The van der Waals surface area contributed by atoms with Gasteiger partial charge in [-0.15, -0.1) is 0 Å². The Morgan fingerprint density at radius 2 is 2.00 bits per heavy atom. The van der Waals surface area contributed by atoms with E-state index in [0.717, 1.165) is 18.6 Å². The van der Waals surface area contributed by atoms with Crippen LogP contribution in [0.4, 0.5) is 8.78 Å². The minimum absolute atomic E-state index is 0.212. The predicted molar refractivity (Wildman–Crippen MR) is 80.4 cm³/mol. The smallest absolute Gasteiger partial charge is 0.284 e. The van der Waals surface area contributed by atoms with E-state index in [0.29, 0.717) is 30.1 Å². The molecule has 2 aromatic rings. The van der Waals surface area contributed by atoms with Gasteiger partial charge >= 0.3 is 0 Å². The van der Waals surface area contributed by atoms with Gasteiger partial charge in [-0.25, -0.2) is 0 Å². The van der Waals surface area contributed by atoms with E-state index in [4.69, 9.17) is 4.42 Å². The molecule has 0 amide bonds. The highest BCUT2D eigenvalue weighted by molar-refractivity contribution is 7.98. The molecule has 1 N–H and O–H groups in total. The Bertz CT molecular complexity index is 599. The van der Waals surface area contributed by atoms with Crippen molar-refractivity contribution in [2.24, 2.45) is 0 Å². The zero-order valence-corrected chi connectivity index (χ0v) is 12.3. The molecule has 21 heavy (non-hydrogen) atoms. The van der Waals surface area contributed by atoms with Crippen LogP contribution in [0.2, 0.25) is 0 Å². The highest BCUT2D eigenvalue weighted by Crippen LogP contribution is 2.31. The molecule has 1 atom stereocenters. The molecule has 1 aromatic heterocycles. The van der Waals surface area contributed by atoms with Crippen molar-refractivity contribution in [1.82, 2.24) is 5.32 Å². The Morgan fingerprint density at radius 1 is 1.19 bits per heavy atom. The molecule has 0 fully saturated rings. The molecule has 0 bridgehead atoms. The molecular formula is C16H17F2NOS. The summed E-state index contributed by atoms with van der Waals surface area (Å²) in [6, 6.07) is 12.4. The van der Waals surface area contributed by atoms with E-state index < -0.39 is 5.76 Å². The zero-order chi connectivity index (χ0) is 14.7. The van der Waals surface area contributed by atoms with E-state index in [9.17, 15) is 8.78 Å². The van der Waals surface area contributed by atoms with Gasteiger partial charge in [0.2, 0.25) is 0 Å². The average Bonchev–Trinajstić information content (AvgIpc) is 3.10. The normalized spacial score (nSPS) is 17.4. The van der Waals surface area contributed by atoms with Gasteiger partial charge in [-0.2, -0.15) is 8.78 Å². The summed E-state index contributed by atoms with van der Waals surface area (Å²) < 4.78 is 29.8. The van der Waals surface area contributed by atoms with Crippen LogP contribution in [0.3, 0.4) is 0 Å². The third kappa shape index (κ3) is 3.66. The maximum atomic E-state index is 12.1. The number of thioether (sulfide) groups is 1. The van der Waals surface area contributed by atoms with Crippen LogP contribution in [0.1, 0.15) is 35.1 Å². The molecule has 0 spiro atoms. The molecule has 1 aliphatic carbocycles. The van der Waals surface area contributed by atoms with Crippen LogP contribution in [0.25, 0.3) is 0 Å². The third-order valence-electron chi connectivity index (χ3n) is 3.72. The monoisotopic (exact) mass is 309 g/mol. The van der Waals surface area contributed by atoms with Crippen LogP contribution in [-0.4, -0.2) is 5.76 Å². The first-order chi connectivity index (χ1) is 10.2. The number of hydrogen-bond acceptors (Lipinski definition) is 3. The van der Waals surface area contributed by atoms with Crippen molar-refractivity contribution in [3.05, 3.63) is 59.0 Å². The summed E-state index contributed by atoms with van der Waals surface area (Å²) in [5, 5.41) is 3.48. The first-order valence-electron chi connectivity index (χ1n) is 7.01. The van der Waals surface area contributed by atoms with Crippen molar-refractivity contribution in [3.8, 4) is 0 Å². The van der Waals surface area contributed by atoms with Crippen molar-refractivity contribution in [3.63, 3.8) is 0 Å². The van der Waals surface area contributed by atoms with Gasteiger partial charge < -0.3 is 9.73 Å². The molecule has 0 saturated carbocycles. The van der Waals surface area contributed by atoms with Crippen molar-refractivity contribution >= 4 is 11.8 Å². The maximum absolute atomic E-state index is 12.1. The molecule has 1 aromatic carbocycles. The summed E-state index contributed by atoms with van der Waals surface area (Å²) in [6.45, 7) is 0.623. The Kier molecular flexibility index (Phi) is 4.60. The molecule has 0 radical (unpaired) electrons. The molecule has 112 valence electrons. The lowest BCUT2D eigenvalue weighted by atomic mass is 10.1. The number of nitrogens with one attached hydrogen (secondary N) is 1. The zero-order valence-electron chi connectivity index (χ0n) is 11.5. The van der Waals surface area contributed by atoms with Gasteiger partial charge in [0.25, 0.3) is 5.76 Å². The van der Waals surface area contributed by atoms with Crippen LogP contribution in [0, 0.1) is 0 Å². The van der Waals surface area contributed by atoms with E-state index in [1.807, 2.05) is 6.07 Å². The van der Waals surface area contributed by atoms with E-state index >= 15 is 0 Å². The van der Waals surface area contributed by atoms with Gasteiger partial charge in [0.15, 0.2) is 0 Å². The van der Waals surface area contributed by atoms with E-state index in [-0.39, 0.29) is 5.75 Å². The summed E-state index contributed by atoms with van der Waals surface area (Å²) in [7, 11) is 0. The Morgan fingerprint density at radius 3 is 2.86 bits per heavy atom. The summed E-state index contributed by atoms with van der Waals surface area (Å²) in [4.78, 5) is 0. The van der Waals surface area contributed by atoms with Crippen LogP contribution in [0.15, 0.2) is 40.8 Å². The lowest BCUT2D eigenvalue weighted by molar-refractivity contribution is 0.251. The number of halogens is 2. The third-order valence-corrected chi connectivity index (χ3v) is 4.43. The summed E-state index contributed by atoms with van der Waals surface area (Å²) in [5.41, 5.74) is 2.76. The molecule has 2 nitrogen and oxygen atoms in total. The Labute approximate surface area is 126 Å². The van der Waals surface area contributed by atoms with Crippen molar-refractivity contribution < 1.29 is 13.2 Å². The van der Waals surface area contributed by atoms with E-state index in [2.05, 4.69) is 29.6 Å². The van der Waals surface area contributed by atoms with Gasteiger partial charge in [0.1, 0.15) is 11.5 Å². The molecule has 0 aliphatic heterocycles. The molecule has 1 heterocycles. The number of furan rings is 1. The standard InChI is InChI=1S/C16H17F2NOS/c17-16(18)21-10-13-7-6-12(20-13)9-19-15-8-5-11-3-1-2-4-14(11)15/h1-4,6-7,15-16,19H,5,8-10H2. The fourth-order valence-corrected chi connectivity index (χ4v) is 3.18. The largest absolute Gasteiger partial charge is 0.464 e. The van der Waals surface area contributed by atoms with E-state index in [1.54, 1.807) is 6.07 Å². The van der Waals surface area contributed by atoms with Gasteiger partial charge in [0.05, 0.1) is 12.3 Å². The lowest BCUT2D eigenvalue weighted by Gasteiger charge is -2.12. The summed E-state index contributed by atoms with van der Waals surface area (Å²) >= 11 is 0.584. The van der Waals surface area contributed by atoms with E-state index in [1.165, 1.54) is 11.1 Å². The highest BCUT2D eigenvalue weighted by Gasteiger charge is 2.21. The molecular weight excluding hydrogens is 292 g/mol. The predicted octanol–water partition coefficient (Wildman–Crippen LogP) is 4.51. The van der Waals surface area contributed by atoms with Crippen molar-refractivity contribution in [2.45, 2.75) is 36.9 Å². The highest BCUT2D eigenvalue weighted by atomic mass is 32.2. The fourth-order valence-electron chi connectivity index (χ4n) is 2.73. The van der Waals surface area contributed by atoms with Gasteiger partial charge in [-0.05, 0) is 36.1 Å². The molecule has 1 aliphatic rings. The summed E-state index contributed by atoms with van der Waals surface area (Å²) in [6.07, 6.45) is 2.19. The minimum atomic E-state index is -2.35. The van der Waals surface area contributed by atoms with Crippen LogP contribution in [0.5, 0.6) is 0 Å². The average molecular weight is 309 g/mol. The Hall–Kier alpha value is -1.33. The van der Waals surface area contributed by atoms with Gasteiger partial charge in [-0.1, -0.05) is 36.0 Å². The number of rotatable bonds is 6. The second-order valence-corrected chi connectivity index (χ2v) is 6.09. The van der Waals surface area contributed by atoms with Crippen LogP contribution >= 0.6 is 11.8 Å². The first-order valence-corrected chi connectivity index (χ1v) is 8.06. The van der Waals surface area contributed by atoms with Gasteiger partial charge in [-0.3, -0.25) is 0 Å². The van der Waals surface area contributed by atoms with Crippen LogP contribution in [-0.2, 0) is 18.7 Å². The maximum Gasteiger partial charge on any atom is 0.284 e. The number of aryl methyl sites for hydroxylation is 1. The number of alkyl halides is 2.